The van der Waals surface area contributed by atoms with Gasteiger partial charge in [-0.1, -0.05) is 27.2 Å². The van der Waals surface area contributed by atoms with Crippen LogP contribution < -0.4 is 5.32 Å². The third-order valence-electron chi connectivity index (χ3n) is 4.05. The highest BCUT2D eigenvalue weighted by molar-refractivity contribution is 7.09. The van der Waals surface area contributed by atoms with Crippen molar-refractivity contribution >= 4 is 11.3 Å². The second-order valence-corrected chi connectivity index (χ2v) is 7.90. The fraction of sp³-hybridized carbons (Fsp3) is 0.812. The van der Waals surface area contributed by atoms with Crippen molar-refractivity contribution in [3.8, 4) is 0 Å². The van der Waals surface area contributed by atoms with Crippen molar-refractivity contribution in [2.24, 2.45) is 0 Å². The van der Waals surface area contributed by atoms with Gasteiger partial charge in [0.15, 0.2) is 0 Å². The monoisotopic (exact) mass is 295 g/mol. The minimum Gasteiger partial charge on any atom is -0.309 e. The molecule has 1 aromatic rings. The van der Waals surface area contributed by atoms with E-state index in [1.807, 2.05) is 0 Å². The van der Waals surface area contributed by atoms with Gasteiger partial charge in [-0.05, 0) is 32.9 Å². The minimum absolute atomic E-state index is 0.163. The summed E-state index contributed by atoms with van der Waals surface area (Å²) in [4.78, 5) is 7.34. The molecule has 20 heavy (non-hydrogen) atoms. The summed E-state index contributed by atoms with van der Waals surface area (Å²) in [5.41, 5.74) is 1.37. The van der Waals surface area contributed by atoms with Crippen LogP contribution in [0.5, 0.6) is 0 Å². The minimum atomic E-state index is 0.163. The first-order chi connectivity index (χ1) is 9.47. The Hall–Kier alpha value is -0.450. The summed E-state index contributed by atoms with van der Waals surface area (Å²) in [5, 5.41) is 6.98. The quantitative estimate of drug-likeness (QED) is 0.902. The number of hydrogen-bond donors (Lipinski definition) is 1. The molecular formula is C16H29N3S. The molecule has 1 aliphatic rings. The molecule has 0 aliphatic carbocycles. The summed E-state index contributed by atoms with van der Waals surface area (Å²) in [7, 11) is 0. The van der Waals surface area contributed by atoms with E-state index in [4.69, 9.17) is 4.98 Å². The lowest BCUT2D eigenvalue weighted by molar-refractivity contribution is 0.170. The lowest BCUT2D eigenvalue weighted by Gasteiger charge is -2.32. The Morgan fingerprint density at radius 2 is 2.00 bits per heavy atom. The van der Waals surface area contributed by atoms with Crippen molar-refractivity contribution < 1.29 is 0 Å². The summed E-state index contributed by atoms with van der Waals surface area (Å²) in [6.45, 7) is 13.5. The van der Waals surface area contributed by atoms with Crippen molar-refractivity contribution in [2.45, 2.75) is 65.0 Å². The number of hydrogen-bond acceptors (Lipinski definition) is 4. The summed E-state index contributed by atoms with van der Waals surface area (Å²) < 4.78 is 0. The van der Waals surface area contributed by atoms with Gasteiger partial charge in [0.25, 0.3) is 0 Å². The van der Waals surface area contributed by atoms with E-state index < -0.39 is 0 Å². The van der Waals surface area contributed by atoms with Gasteiger partial charge in [0.05, 0.1) is 5.69 Å². The van der Waals surface area contributed by atoms with E-state index in [0.717, 1.165) is 13.1 Å². The van der Waals surface area contributed by atoms with E-state index in [-0.39, 0.29) is 5.41 Å². The Morgan fingerprint density at radius 3 is 2.60 bits per heavy atom. The van der Waals surface area contributed by atoms with Crippen LogP contribution in [-0.2, 0) is 12.0 Å². The largest absolute Gasteiger partial charge is 0.309 e. The van der Waals surface area contributed by atoms with Crippen molar-refractivity contribution in [2.75, 3.05) is 19.6 Å². The molecule has 0 saturated carbocycles. The van der Waals surface area contributed by atoms with Gasteiger partial charge in [0.2, 0.25) is 0 Å². The average Bonchev–Trinajstić information content (AvgIpc) is 2.88. The van der Waals surface area contributed by atoms with Crippen LogP contribution in [0, 0.1) is 0 Å². The van der Waals surface area contributed by atoms with E-state index >= 15 is 0 Å². The fourth-order valence-corrected chi connectivity index (χ4v) is 3.60. The Bertz CT molecular complexity index is 402. The second-order valence-electron chi connectivity index (χ2n) is 6.95. The zero-order valence-corrected chi connectivity index (χ0v) is 14.2. The first kappa shape index (κ1) is 15.9. The molecule has 2 heterocycles. The highest BCUT2D eigenvalue weighted by Crippen LogP contribution is 2.23. The number of piperidine rings is 1. The van der Waals surface area contributed by atoms with Crippen LogP contribution in [0.4, 0.5) is 0 Å². The van der Waals surface area contributed by atoms with Crippen LogP contribution in [0.25, 0.3) is 0 Å². The molecular weight excluding hydrogens is 266 g/mol. The molecule has 2 rings (SSSR count). The van der Waals surface area contributed by atoms with Gasteiger partial charge in [-0.3, -0.25) is 4.90 Å². The van der Waals surface area contributed by atoms with Crippen molar-refractivity contribution in [1.82, 2.24) is 15.2 Å². The molecule has 114 valence electrons. The van der Waals surface area contributed by atoms with E-state index in [1.54, 1.807) is 11.3 Å². The average molecular weight is 295 g/mol. The van der Waals surface area contributed by atoms with Gasteiger partial charge in [-0.15, -0.1) is 11.3 Å². The van der Waals surface area contributed by atoms with Gasteiger partial charge < -0.3 is 5.32 Å². The number of nitrogens with one attached hydrogen (secondary N) is 1. The highest BCUT2D eigenvalue weighted by atomic mass is 32.1. The molecule has 4 heteroatoms. The molecule has 3 nitrogen and oxygen atoms in total. The second kappa shape index (κ2) is 7.01. The van der Waals surface area contributed by atoms with E-state index in [2.05, 4.69) is 43.3 Å². The molecule has 1 aliphatic heterocycles. The maximum atomic E-state index is 4.73. The molecule has 1 atom stereocenters. The molecule has 0 spiro atoms. The maximum absolute atomic E-state index is 4.73. The van der Waals surface area contributed by atoms with Crippen LogP contribution in [0.2, 0.25) is 0 Å². The van der Waals surface area contributed by atoms with Crippen molar-refractivity contribution in [1.29, 1.82) is 0 Å². The van der Waals surface area contributed by atoms with E-state index in [0.29, 0.717) is 6.04 Å². The fourth-order valence-electron chi connectivity index (χ4n) is 2.61. The Labute approximate surface area is 127 Å². The molecule has 1 saturated heterocycles. The van der Waals surface area contributed by atoms with Crippen LogP contribution in [0.3, 0.4) is 0 Å². The Balaban J connectivity index is 1.73. The SMILES string of the molecule is CC(CNCc1nc(C(C)(C)C)cs1)N1CCCCC1. The third kappa shape index (κ3) is 4.54. The summed E-state index contributed by atoms with van der Waals surface area (Å²) in [6.07, 6.45) is 4.14. The van der Waals surface area contributed by atoms with Crippen LogP contribution in [0.15, 0.2) is 5.38 Å². The molecule has 0 radical (unpaired) electrons. The predicted molar refractivity (Wildman–Crippen MR) is 87.4 cm³/mol. The van der Waals surface area contributed by atoms with Crippen molar-refractivity contribution in [3.63, 3.8) is 0 Å². The lowest BCUT2D eigenvalue weighted by Crippen LogP contribution is -2.42. The van der Waals surface area contributed by atoms with Crippen molar-refractivity contribution in [3.05, 3.63) is 16.1 Å². The van der Waals surface area contributed by atoms with Gasteiger partial charge in [-0.25, -0.2) is 4.98 Å². The molecule has 1 unspecified atom stereocenters. The normalized spacial score (nSPS) is 19.2. The van der Waals surface area contributed by atoms with Gasteiger partial charge in [0.1, 0.15) is 5.01 Å². The molecule has 0 aromatic carbocycles. The molecule has 0 amide bonds. The zero-order chi connectivity index (χ0) is 14.6. The number of aromatic nitrogens is 1. The number of likely N-dealkylation sites (tertiary alicyclic amines) is 1. The van der Waals surface area contributed by atoms with E-state index in [9.17, 15) is 0 Å². The number of rotatable bonds is 5. The molecule has 1 N–H and O–H groups in total. The smallest absolute Gasteiger partial charge is 0.107 e. The summed E-state index contributed by atoms with van der Waals surface area (Å²) in [6, 6.07) is 0.636. The topological polar surface area (TPSA) is 28.2 Å². The first-order valence-corrected chi connectivity index (χ1v) is 8.74. The Kier molecular flexibility index (Phi) is 5.58. The van der Waals surface area contributed by atoms with Gasteiger partial charge in [-0.2, -0.15) is 0 Å². The van der Waals surface area contributed by atoms with Crippen LogP contribution >= 0.6 is 11.3 Å². The summed E-state index contributed by atoms with van der Waals surface area (Å²) >= 11 is 1.78. The third-order valence-corrected chi connectivity index (χ3v) is 4.90. The predicted octanol–water partition coefficient (Wildman–Crippen LogP) is 3.40. The van der Waals surface area contributed by atoms with E-state index in [1.165, 1.54) is 43.1 Å². The van der Waals surface area contributed by atoms with Gasteiger partial charge in [0, 0.05) is 29.9 Å². The zero-order valence-electron chi connectivity index (χ0n) is 13.4. The lowest BCUT2D eigenvalue weighted by atomic mass is 9.93. The molecule has 1 fully saturated rings. The van der Waals surface area contributed by atoms with Gasteiger partial charge >= 0.3 is 0 Å². The van der Waals surface area contributed by atoms with Crippen LogP contribution in [-0.4, -0.2) is 35.6 Å². The first-order valence-electron chi connectivity index (χ1n) is 7.86. The van der Waals surface area contributed by atoms with Crippen LogP contribution in [0.1, 0.15) is 57.7 Å². The maximum Gasteiger partial charge on any atom is 0.107 e. The number of thiazole rings is 1. The molecule has 0 bridgehead atoms. The Morgan fingerprint density at radius 1 is 1.30 bits per heavy atom. The highest BCUT2D eigenvalue weighted by Gasteiger charge is 2.18. The standard InChI is InChI=1S/C16H29N3S/c1-13(19-8-6-5-7-9-19)10-17-11-15-18-14(12-20-15)16(2,3)4/h12-13,17H,5-11H2,1-4H3. The molecule has 1 aromatic heterocycles. The summed E-state index contributed by atoms with van der Waals surface area (Å²) in [5.74, 6) is 0. The number of nitrogens with zero attached hydrogens (tertiary/aromatic N) is 2.